The zero-order chi connectivity index (χ0) is 14.0. The molecule has 0 unspecified atom stereocenters. The van der Waals surface area contributed by atoms with Gasteiger partial charge in [0.1, 0.15) is 6.29 Å². The van der Waals surface area contributed by atoms with E-state index in [-0.39, 0.29) is 0 Å². The molecule has 0 aliphatic rings. The molecule has 106 valence electrons. The first-order chi connectivity index (χ1) is 9.41. The van der Waals surface area contributed by atoms with Crippen molar-refractivity contribution in [3.8, 4) is 0 Å². The minimum Gasteiger partial charge on any atom is -0.299 e. The van der Waals surface area contributed by atoms with Crippen LogP contribution in [0.1, 0.15) is 58.3 Å². The lowest BCUT2D eigenvalue weighted by Crippen LogP contribution is -1.78. The number of rotatable bonds is 12. The summed E-state index contributed by atoms with van der Waals surface area (Å²) in [4.78, 5) is 9.99. The molecule has 0 N–H and O–H groups in total. The van der Waals surface area contributed by atoms with Crippen LogP contribution in [-0.2, 0) is 4.79 Å². The Morgan fingerprint density at radius 2 is 1.16 bits per heavy atom. The number of carbonyl (C=O) groups excluding carboxylic acids is 1. The van der Waals surface area contributed by atoms with Crippen LogP contribution in [0.3, 0.4) is 0 Å². The summed E-state index contributed by atoms with van der Waals surface area (Å²) in [5.41, 5.74) is 0. The standard InChI is InChI=1S/C18H28O/c1-2-3-4-5-6-7-8-9-10-11-12-13-14-15-16-17-18-19/h10-18H,2-9H2,1H3. The molecule has 0 bridgehead atoms. The molecule has 19 heavy (non-hydrogen) atoms. The van der Waals surface area contributed by atoms with Crippen LogP contribution in [-0.4, -0.2) is 6.29 Å². The maximum absolute atomic E-state index is 9.99. The lowest BCUT2D eigenvalue weighted by Gasteiger charge is -1.98. The zero-order valence-corrected chi connectivity index (χ0v) is 12.3. The highest BCUT2D eigenvalue weighted by atomic mass is 16.1. The summed E-state index contributed by atoms with van der Waals surface area (Å²) < 4.78 is 0. The van der Waals surface area contributed by atoms with Gasteiger partial charge in [-0.15, -0.1) is 0 Å². The average Bonchev–Trinajstić information content (AvgIpc) is 2.43. The number of hydrogen-bond donors (Lipinski definition) is 0. The summed E-state index contributed by atoms with van der Waals surface area (Å²) in [6.07, 6.45) is 26.8. The van der Waals surface area contributed by atoms with E-state index < -0.39 is 0 Å². The molecule has 0 aromatic carbocycles. The normalized spacial score (nSPS) is 12.5. The monoisotopic (exact) mass is 260 g/mol. The topological polar surface area (TPSA) is 17.1 Å². The molecule has 1 nitrogen and oxygen atoms in total. The summed E-state index contributed by atoms with van der Waals surface area (Å²) in [5, 5.41) is 0. The van der Waals surface area contributed by atoms with Crippen molar-refractivity contribution in [2.24, 2.45) is 0 Å². The highest BCUT2D eigenvalue weighted by molar-refractivity contribution is 5.65. The Morgan fingerprint density at radius 1 is 0.632 bits per heavy atom. The van der Waals surface area contributed by atoms with E-state index >= 15 is 0 Å². The van der Waals surface area contributed by atoms with Gasteiger partial charge in [0, 0.05) is 0 Å². The Morgan fingerprint density at radius 3 is 1.79 bits per heavy atom. The fourth-order valence-corrected chi connectivity index (χ4v) is 1.76. The van der Waals surface area contributed by atoms with Crippen LogP contribution in [0.4, 0.5) is 0 Å². The molecule has 0 spiro atoms. The van der Waals surface area contributed by atoms with Crippen LogP contribution >= 0.6 is 0 Å². The van der Waals surface area contributed by atoms with Gasteiger partial charge in [-0.2, -0.15) is 0 Å². The van der Waals surface area contributed by atoms with Gasteiger partial charge in [0.05, 0.1) is 0 Å². The third kappa shape index (κ3) is 16.6. The second-order valence-electron chi connectivity index (χ2n) is 4.63. The third-order valence-electron chi connectivity index (χ3n) is 2.86. The van der Waals surface area contributed by atoms with Crippen molar-refractivity contribution < 1.29 is 4.79 Å². The van der Waals surface area contributed by atoms with Crippen molar-refractivity contribution in [2.45, 2.75) is 58.3 Å². The number of hydrogen-bond acceptors (Lipinski definition) is 1. The second-order valence-corrected chi connectivity index (χ2v) is 4.63. The number of unbranched alkanes of at least 4 members (excludes halogenated alkanes) is 7. The van der Waals surface area contributed by atoms with E-state index in [2.05, 4.69) is 19.1 Å². The molecule has 0 radical (unpaired) electrons. The summed E-state index contributed by atoms with van der Waals surface area (Å²) >= 11 is 0. The molecular formula is C18H28O. The molecule has 1 heteroatoms. The molecule has 0 aromatic heterocycles. The molecule has 0 aromatic rings. The van der Waals surface area contributed by atoms with Crippen molar-refractivity contribution in [3.05, 3.63) is 48.6 Å². The number of carbonyl (C=O) groups is 1. The van der Waals surface area contributed by atoms with Gasteiger partial charge < -0.3 is 0 Å². The molecule has 0 amide bonds. The Kier molecular flexibility index (Phi) is 15.4. The summed E-state index contributed by atoms with van der Waals surface area (Å²) in [6.45, 7) is 2.26. The summed E-state index contributed by atoms with van der Waals surface area (Å²) in [5.74, 6) is 0. The van der Waals surface area contributed by atoms with E-state index in [1.807, 2.05) is 24.3 Å². The minimum absolute atomic E-state index is 0.774. The van der Waals surface area contributed by atoms with Gasteiger partial charge in [-0.25, -0.2) is 0 Å². The lowest BCUT2D eigenvalue weighted by atomic mass is 10.1. The molecule has 0 aliphatic carbocycles. The molecule has 0 rings (SSSR count). The number of allylic oxidation sites excluding steroid dienone is 8. The largest absolute Gasteiger partial charge is 0.299 e. The van der Waals surface area contributed by atoms with E-state index in [0.717, 1.165) is 6.29 Å². The first-order valence-electron chi connectivity index (χ1n) is 7.52. The molecule has 0 aliphatic heterocycles. The predicted octanol–water partition coefficient (Wildman–Crippen LogP) is 5.55. The average molecular weight is 260 g/mol. The van der Waals surface area contributed by atoms with Crippen molar-refractivity contribution in [3.63, 3.8) is 0 Å². The van der Waals surface area contributed by atoms with Crippen molar-refractivity contribution in [1.29, 1.82) is 0 Å². The number of aldehydes is 1. The zero-order valence-electron chi connectivity index (χ0n) is 12.3. The molecule has 0 saturated heterocycles. The van der Waals surface area contributed by atoms with Gasteiger partial charge in [0.2, 0.25) is 0 Å². The highest BCUT2D eigenvalue weighted by Crippen LogP contribution is 2.08. The third-order valence-corrected chi connectivity index (χ3v) is 2.86. The van der Waals surface area contributed by atoms with Crippen LogP contribution < -0.4 is 0 Å². The fraction of sp³-hybridized carbons (Fsp3) is 0.500. The Labute approximate surface area is 118 Å². The molecule has 0 heterocycles. The summed E-state index contributed by atoms with van der Waals surface area (Å²) in [7, 11) is 0. The minimum atomic E-state index is 0.774. The Balaban J connectivity index is 3.34. The second kappa shape index (κ2) is 16.6. The van der Waals surface area contributed by atoms with Crippen LogP contribution in [0, 0.1) is 0 Å². The highest BCUT2D eigenvalue weighted by Gasteiger charge is 1.88. The van der Waals surface area contributed by atoms with Crippen LogP contribution in [0.5, 0.6) is 0 Å². The SMILES string of the molecule is CCCCCCCCCC=CC=CC=CC=CC=O. The first kappa shape index (κ1) is 17.6. The van der Waals surface area contributed by atoms with Gasteiger partial charge in [-0.1, -0.05) is 88.0 Å². The quantitative estimate of drug-likeness (QED) is 0.194. The lowest BCUT2D eigenvalue weighted by molar-refractivity contribution is -0.104. The van der Waals surface area contributed by atoms with E-state index in [1.165, 1.54) is 57.4 Å². The van der Waals surface area contributed by atoms with Crippen molar-refractivity contribution >= 4 is 6.29 Å². The molecule has 0 fully saturated rings. The maximum atomic E-state index is 9.99. The predicted molar refractivity (Wildman–Crippen MR) is 85.2 cm³/mol. The first-order valence-corrected chi connectivity index (χ1v) is 7.52. The van der Waals surface area contributed by atoms with Gasteiger partial charge in [-0.3, -0.25) is 4.79 Å². The van der Waals surface area contributed by atoms with Gasteiger partial charge >= 0.3 is 0 Å². The smallest absolute Gasteiger partial charge is 0.142 e. The van der Waals surface area contributed by atoms with Crippen molar-refractivity contribution in [2.75, 3.05) is 0 Å². The van der Waals surface area contributed by atoms with Gasteiger partial charge in [0.25, 0.3) is 0 Å². The molecule has 0 atom stereocenters. The van der Waals surface area contributed by atoms with Crippen LogP contribution in [0.15, 0.2) is 48.6 Å². The Bertz CT molecular complexity index is 295. The van der Waals surface area contributed by atoms with E-state index in [1.54, 1.807) is 6.08 Å². The molecule has 0 saturated carbocycles. The van der Waals surface area contributed by atoms with E-state index in [9.17, 15) is 4.79 Å². The molecular weight excluding hydrogens is 232 g/mol. The van der Waals surface area contributed by atoms with Crippen LogP contribution in [0.2, 0.25) is 0 Å². The van der Waals surface area contributed by atoms with Crippen LogP contribution in [0.25, 0.3) is 0 Å². The maximum Gasteiger partial charge on any atom is 0.142 e. The van der Waals surface area contributed by atoms with Gasteiger partial charge in [-0.05, 0) is 18.9 Å². The van der Waals surface area contributed by atoms with E-state index in [0.29, 0.717) is 0 Å². The summed E-state index contributed by atoms with van der Waals surface area (Å²) in [6, 6.07) is 0. The van der Waals surface area contributed by atoms with Crippen molar-refractivity contribution in [1.82, 2.24) is 0 Å². The van der Waals surface area contributed by atoms with Gasteiger partial charge in [0.15, 0.2) is 0 Å². The fourth-order valence-electron chi connectivity index (χ4n) is 1.76. The van der Waals surface area contributed by atoms with E-state index in [4.69, 9.17) is 0 Å². The Hall–Kier alpha value is -1.37.